The Morgan fingerprint density at radius 2 is 0.979 bits per heavy atom. The van der Waals surface area contributed by atoms with Gasteiger partial charge in [0, 0.05) is 42.5 Å². The summed E-state index contributed by atoms with van der Waals surface area (Å²) in [5.41, 5.74) is 13.9. The van der Waals surface area contributed by atoms with Gasteiger partial charge in [0.05, 0.1) is 11.0 Å². The van der Waals surface area contributed by atoms with Crippen molar-refractivity contribution in [2.75, 3.05) is 0 Å². The monoisotopic (exact) mass is 760 g/mol. The zero-order valence-corrected chi connectivity index (χ0v) is 31.5. The van der Waals surface area contributed by atoms with Gasteiger partial charge in [0.25, 0.3) is 0 Å². The lowest BCUT2D eigenvalue weighted by atomic mass is 9.83. The molecule has 0 spiro atoms. The molecule has 0 aliphatic heterocycles. The summed E-state index contributed by atoms with van der Waals surface area (Å²) in [6, 6.07) is 32.3. The molecule has 4 aromatic carbocycles. The van der Waals surface area contributed by atoms with Crippen LogP contribution in [0.25, 0.3) is 44.3 Å². The molecule has 0 amide bonds. The Labute approximate surface area is 302 Å². The molecule has 8 rings (SSSR count). The maximum Gasteiger partial charge on any atom is 0.0545 e. The van der Waals surface area contributed by atoms with Gasteiger partial charge < -0.3 is 9.13 Å². The molecular weight excluding hydrogens is 716 g/mol. The topological polar surface area (TPSA) is 9.86 Å². The summed E-state index contributed by atoms with van der Waals surface area (Å²) < 4.78 is 7.38. The molecule has 2 heterocycles. The second-order valence-corrected chi connectivity index (χ2v) is 16.3. The number of fused-ring (bicyclic) bond motifs is 6. The average molecular weight is 763 g/mol. The van der Waals surface area contributed by atoms with E-state index in [0.29, 0.717) is 0 Å². The Morgan fingerprint density at radius 3 is 1.38 bits per heavy atom. The van der Waals surface area contributed by atoms with Crippen molar-refractivity contribution < 1.29 is 0 Å². The van der Waals surface area contributed by atoms with Crippen LogP contribution in [-0.4, -0.2) is 9.13 Å². The number of hydrogen-bond acceptors (Lipinski definition) is 0. The molecule has 0 saturated carbocycles. The van der Waals surface area contributed by atoms with Crippen LogP contribution in [-0.2, 0) is 25.7 Å². The van der Waals surface area contributed by atoms with Crippen LogP contribution in [0.1, 0.15) is 87.7 Å². The highest BCUT2D eigenvalue weighted by Crippen LogP contribution is 2.41. The van der Waals surface area contributed by atoms with Gasteiger partial charge >= 0.3 is 0 Å². The first-order valence-corrected chi connectivity index (χ1v) is 20.0. The van der Waals surface area contributed by atoms with Crippen molar-refractivity contribution in [3.63, 3.8) is 0 Å². The lowest BCUT2D eigenvalue weighted by Crippen LogP contribution is -2.15. The first-order valence-electron chi connectivity index (χ1n) is 18.4. The van der Waals surface area contributed by atoms with Gasteiger partial charge in [-0.05, 0) is 121 Å². The third-order valence-electron chi connectivity index (χ3n) is 11.4. The van der Waals surface area contributed by atoms with Gasteiger partial charge in [0.1, 0.15) is 0 Å². The number of hydrogen-bond donors (Lipinski definition) is 0. The quantitative estimate of drug-likeness (QED) is 0.139. The standard InChI is InChI=1S/C44H46Br2N2/c1-3-5-7-29-9-23-41-39(25-29)37-21-15-33(45)27-43(37)47(41)35-17-11-31(12-18-35)32-13-19-36(20-14-32)48-42-24-10-30(8-6-4-2)26-40(42)38-22-16-34(46)28-44(38)48/h11-22,27-30H,3-10,23-26H2,1-2H3. The molecular formula is C44H46Br2N2. The van der Waals surface area contributed by atoms with E-state index in [2.05, 4.69) is 140 Å². The minimum absolute atomic E-state index is 0.810. The molecule has 246 valence electrons. The van der Waals surface area contributed by atoms with E-state index < -0.39 is 0 Å². The van der Waals surface area contributed by atoms with E-state index in [9.17, 15) is 0 Å². The molecule has 0 saturated heterocycles. The first-order chi connectivity index (χ1) is 23.5. The molecule has 2 nitrogen and oxygen atoms in total. The van der Waals surface area contributed by atoms with Gasteiger partial charge in [0.2, 0.25) is 0 Å². The van der Waals surface area contributed by atoms with Crippen molar-refractivity contribution >= 4 is 53.7 Å². The largest absolute Gasteiger partial charge is 0.313 e. The van der Waals surface area contributed by atoms with Crippen molar-refractivity contribution in [2.45, 2.75) is 90.9 Å². The van der Waals surface area contributed by atoms with Crippen LogP contribution in [0.15, 0.2) is 93.9 Å². The van der Waals surface area contributed by atoms with Crippen molar-refractivity contribution in [2.24, 2.45) is 11.8 Å². The van der Waals surface area contributed by atoms with Gasteiger partial charge in [-0.2, -0.15) is 0 Å². The molecule has 0 N–H and O–H groups in total. The Bertz CT molecular complexity index is 1930. The maximum absolute atomic E-state index is 3.77. The summed E-state index contributed by atoms with van der Waals surface area (Å²) in [5.74, 6) is 1.62. The summed E-state index contributed by atoms with van der Waals surface area (Å²) >= 11 is 7.54. The van der Waals surface area contributed by atoms with Crippen molar-refractivity contribution in [3.05, 3.63) is 116 Å². The second-order valence-electron chi connectivity index (χ2n) is 14.4. The Morgan fingerprint density at radius 1 is 0.562 bits per heavy atom. The van der Waals surface area contributed by atoms with Crippen molar-refractivity contribution in [3.8, 4) is 22.5 Å². The van der Waals surface area contributed by atoms with E-state index in [1.54, 1.807) is 11.1 Å². The van der Waals surface area contributed by atoms with Crippen LogP contribution in [0.5, 0.6) is 0 Å². The predicted octanol–water partition coefficient (Wildman–Crippen LogP) is 13.4. The highest BCUT2D eigenvalue weighted by atomic mass is 79.9. The molecule has 2 aliphatic rings. The second kappa shape index (κ2) is 13.7. The molecule has 2 aromatic heterocycles. The summed E-state index contributed by atoms with van der Waals surface area (Å²) in [6.07, 6.45) is 15.3. The summed E-state index contributed by atoms with van der Waals surface area (Å²) in [6.45, 7) is 4.63. The minimum atomic E-state index is 0.810. The van der Waals surface area contributed by atoms with Crippen LogP contribution in [0.3, 0.4) is 0 Å². The predicted molar refractivity (Wildman–Crippen MR) is 211 cm³/mol. The number of benzene rings is 4. The van der Waals surface area contributed by atoms with Crippen LogP contribution in [0.4, 0.5) is 0 Å². The zero-order chi connectivity index (χ0) is 32.8. The number of unbranched alkanes of at least 4 members (excludes halogenated alkanes) is 2. The Kier molecular flexibility index (Phi) is 9.16. The van der Waals surface area contributed by atoms with E-state index in [1.165, 1.54) is 120 Å². The van der Waals surface area contributed by atoms with Crippen LogP contribution in [0.2, 0.25) is 0 Å². The Hall–Kier alpha value is -3.08. The minimum Gasteiger partial charge on any atom is -0.313 e. The van der Waals surface area contributed by atoms with Gasteiger partial charge in [-0.15, -0.1) is 0 Å². The lowest BCUT2D eigenvalue weighted by molar-refractivity contribution is 0.410. The van der Waals surface area contributed by atoms with E-state index >= 15 is 0 Å². The van der Waals surface area contributed by atoms with Crippen LogP contribution >= 0.6 is 31.9 Å². The molecule has 4 heteroatoms. The van der Waals surface area contributed by atoms with E-state index in [-0.39, 0.29) is 0 Å². The van der Waals surface area contributed by atoms with Gasteiger partial charge in [-0.25, -0.2) is 0 Å². The molecule has 0 fully saturated rings. The first kappa shape index (κ1) is 32.1. The molecule has 0 radical (unpaired) electrons. The SMILES string of the molecule is CCCCC1CCc2c(c3ccc(Br)cc3n2-c2ccc(-c3ccc(-n4c5c(c6ccc(Br)cc64)CC(CCCC)CC5)cc3)cc2)C1. The third-order valence-corrected chi connectivity index (χ3v) is 12.4. The van der Waals surface area contributed by atoms with Crippen LogP contribution < -0.4 is 0 Å². The van der Waals surface area contributed by atoms with Crippen LogP contribution in [0, 0.1) is 11.8 Å². The molecule has 48 heavy (non-hydrogen) atoms. The molecule has 2 unspecified atom stereocenters. The summed E-state index contributed by atoms with van der Waals surface area (Å²) in [7, 11) is 0. The summed E-state index contributed by atoms with van der Waals surface area (Å²) in [4.78, 5) is 0. The maximum atomic E-state index is 3.77. The van der Waals surface area contributed by atoms with Gasteiger partial charge in [-0.1, -0.05) is 121 Å². The number of rotatable bonds is 9. The molecule has 6 aromatic rings. The highest BCUT2D eigenvalue weighted by molar-refractivity contribution is 9.10. The average Bonchev–Trinajstić information content (AvgIpc) is 3.60. The fourth-order valence-corrected chi connectivity index (χ4v) is 9.58. The summed E-state index contributed by atoms with van der Waals surface area (Å²) in [5, 5.41) is 2.86. The van der Waals surface area contributed by atoms with Crippen molar-refractivity contribution in [1.29, 1.82) is 0 Å². The normalized spacial score (nSPS) is 17.6. The Balaban J connectivity index is 1.10. The molecule has 0 bridgehead atoms. The number of nitrogens with zero attached hydrogens (tertiary/aromatic N) is 2. The highest BCUT2D eigenvalue weighted by Gasteiger charge is 2.27. The number of halogens is 2. The smallest absolute Gasteiger partial charge is 0.0545 e. The number of aromatic nitrogens is 2. The molecule has 2 aliphatic carbocycles. The van der Waals surface area contributed by atoms with E-state index in [0.717, 1.165) is 33.6 Å². The fourth-order valence-electron chi connectivity index (χ4n) is 8.88. The van der Waals surface area contributed by atoms with E-state index in [4.69, 9.17) is 0 Å². The van der Waals surface area contributed by atoms with Crippen molar-refractivity contribution in [1.82, 2.24) is 9.13 Å². The van der Waals surface area contributed by atoms with Gasteiger partial charge in [-0.3, -0.25) is 0 Å². The van der Waals surface area contributed by atoms with Gasteiger partial charge in [0.15, 0.2) is 0 Å². The lowest BCUT2D eigenvalue weighted by Gasteiger charge is -2.24. The third kappa shape index (κ3) is 5.92. The zero-order valence-electron chi connectivity index (χ0n) is 28.4. The van der Waals surface area contributed by atoms with E-state index in [1.807, 2.05) is 0 Å². The molecule has 2 atom stereocenters. The fraction of sp³-hybridized carbons (Fsp3) is 0.364.